The molecule has 0 spiro atoms. The molecule has 3 aromatic rings. The van der Waals surface area contributed by atoms with Crippen LogP contribution < -0.4 is 0 Å². The van der Waals surface area contributed by atoms with Gasteiger partial charge in [-0.25, -0.2) is 0 Å². The number of aromatic nitrogens is 1. The molecule has 1 heterocycles. The first kappa shape index (κ1) is 11.4. The molecule has 1 aromatic heterocycles. The molecule has 18 heavy (non-hydrogen) atoms. The fourth-order valence-corrected chi connectivity index (χ4v) is 3.02. The molecule has 0 saturated carbocycles. The predicted molar refractivity (Wildman–Crippen MR) is 80.3 cm³/mol. The highest BCUT2D eigenvalue weighted by molar-refractivity contribution is 7.98. The van der Waals surface area contributed by atoms with Gasteiger partial charge in [-0.1, -0.05) is 48.5 Å². The summed E-state index contributed by atoms with van der Waals surface area (Å²) in [7, 11) is 0. The molecule has 1 N–H and O–H groups in total. The lowest BCUT2D eigenvalue weighted by atomic mass is 10.0. The molecule has 0 fully saturated rings. The van der Waals surface area contributed by atoms with Crippen molar-refractivity contribution < 1.29 is 0 Å². The van der Waals surface area contributed by atoms with Gasteiger partial charge in [0.15, 0.2) is 0 Å². The van der Waals surface area contributed by atoms with E-state index < -0.39 is 0 Å². The fourth-order valence-electron chi connectivity index (χ4n) is 2.38. The Morgan fingerprint density at radius 1 is 0.944 bits per heavy atom. The Hall–Kier alpha value is -1.67. The Balaban J connectivity index is 2.37. The number of nitrogens with one attached hydrogen (secondary N) is 1. The maximum Gasteiger partial charge on any atom is 0.0809 e. The van der Waals surface area contributed by atoms with Crippen LogP contribution in [0.3, 0.4) is 0 Å². The maximum atomic E-state index is 3.54. The van der Waals surface area contributed by atoms with Crippen molar-refractivity contribution in [2.75, 3.05) is 6.26 Å². The van der Waals surface area contributed by atoms with Gasteiger partial charge in [-0.15, -0.1) is 11.8 Å². The molecule has 0 bridgehead atoms. The van der Waals surface area contributed by atoms with Gasteiger partial charge in [0.1, 0.15) is 0 Å². The summed E-state index contributed by atoms with van der Waals surface area (Å²) in [5.41, 5.74) is 5.14. The molecule has 3 rings (SSSR count). The maximum absolute atomic E-state index is 3.54. The predicted octanol–water partition coefficient (Wildman–Crippen LogP) is 4.87. The molecule has 0 radical (unpaired) electrons. The van der Waals surface area contributed by atoms with Crippen LogP contribution in [0.1, 0.15) is 5.56 Å². The normalized spacial score (nSPS) is 11.0. The monoisotopic (exact) mass is 253 g/mol. The second-order valence-corrected chi connectivity index (χ2v) is 5.21. The van der Waals surface area contributed by atoms with Crippen molar-refractivity contribution in [2.24, 2.45) is 0 Å². The smallest absolute Gasteiger partial charge is 0.0809 e. The molecule has 0 atom stereocenters. The zero-order chi connectivity index (χ0) is 12.5. The lowest BCUT2D eigenvalue weighted by molar-refractivity contribution is 1.23. The first-order valence-electron chi connectivity index (χ1n) is 6.02. The lowest BCUT2D eigenvalue weighted by Gasteiger charge is -2.02. The van der Waals surface area contributed by atoms with E-state index in [1.807, 2.05) is 0 Å². The van der Waals surface area contributed by atoms with E-state index in [1.165, 1.54) is 32.6 Å². The summed E-state index contributed by atoms with van der Waals surface area (Å²) in [6.45, 7) is 2.15. The van der Waals surface area contributed by atoms with E-state index in [9.17, 15) is 0 Å². The number of para-hydroxylation sites is 1. The summed E-state index contributed by atoms with van der Waals surface area (Å²) in [4.78, 5) is 3.54. The number of H-pyrrole nitrogens is 1. The summed E-state index contributed by atoms with van der Waals surface area (Å²) in [6, 6.07) is 17.1. The van der Waals surface area contributed by atoms with Gasteiger partial charge >= 0.3 is 0 Å². The molecule has 0 aliphatic rings. The molecule has 2 heteroatoms. The van der Waals surface area contributed by atoms with Crippen LogP contribution in [0.25, 0.3) is 22.0 Å². The van der Waals surface area contributed by atoms with Crippen LogP contribution in [-0.4, -0.2) is 11.2 Å². The van der Waals surface area contributed by atoms with Gasteiger partial charge in [0.2, 0.25) is 0 Å². The Morgan fingerprint density at radius 2 is 1.72 bits per heavy atom. The van der Waals surface area contributed by atoms with Crippen LogP contribution in [0.15, 0.2) is 53.6 Å². The highest BCUT2D eigenvalue weighted by atomic mass is 32.2. The number of thioether (sulfide) groups is 1. The zero-order valence-electron chi connectivity index (χ0n) is 10.5. The fraction of sp³-hybridized carbons (Fsp3) is 0.125. The van der Waals surface area contributed by atoms with Crippen molar-refractivity contribution in [3.63, 3.8) is 0 Å². The van der Waals surface area contributed by atoms with Gasteiger partial charge < -0.3 is 4.98 Å². The van der Waals surface area contributed by atoms with E-state index in [-0.39, 0.29) is 0 Å². The van der Waals surface area contributed by atoms with E-state index in [0.717, 1.165) is 0 Å². The Labute approximate surface area is 111 Å². The van der Waals surface area contributed by atoms with Crippen LogP contribution >= 0.6 is 11.8 Å². The Bertz CT molecular complexity index is 683. The lowest BCUT2D eigenvalue weighted by Crippen LogP contribution is -1.77. The van der Waals surface area contributed by atoms with Gasteiger partial charge in [0.25, 0.3) is 0 Å². The number of fused-ring (bicyclic) bond motifs is 1. The number of aryl methyl sites for hydroxylation is 1. The molecular formula is C16H15NS. The van der Waals surface area contributed by atoms with Crippen molar-refractivity contribution in [1.82, 2.24) is 4.98 Å². The van der Waals surface area contributed by atoms with Crippen LogP contribution in [0.2, 0.25) is 0 Å². The number of benzene rings is 2. The van der Waals surface area contributed by atoms with Crippen molar-refractivity contribution in [1.29, 1.82) is 0 Å². The van der Waals surface area contributed by atoms with E-state index in [0.29, 0.717) is 0 Å². The van der Waals surface area contributed by atoms with Gasteiger partial charge in [-0.05, 0) is 24.3 Å². The second-order valence-electron chi connectivity index (χ2n) is 4.40. The van der Waals surface area contributed by atoms with E-state index in [4.69, 9.17) is 0 Å². The van der Waals surface area contributed by atoms with Gasteiger partial charge in [0, 0.05) is 16.5 Å². The molecule has 0 unspecified atom stereocenters. The van der Waals surface area contributed by atoms with Crippen LogP contribution in [-0.2, 0) is 0 Å². The average molecular weight is 253 g/mol. The largest absolute Gasteiger partial charge is 0.349 e. The molecule has 2 aromatic carbocycles. The van der Waals surface area contributed by atoms with Crippen molar-refractivity contribution in [3.05, 3.63) is 54.1 Å². The first-order chi connectivity index (χ1) is 8.81. The molecule has 0 aliphatic carbocycles. The number of aromatic amines is 1. The highest BCUT2D eigenvalue weighted by Crippen LogP contribution is 2.37. The van der Waals surface area contributed by atoms with E-state index in [1.54, 1.807) is 11.8 Å². The molecule has 0 amide bonds. The summed E-state index contributed by atoms with van der Waals surface area (Å²) in [6.07, 6.45) is 2.12. The van der Waals surface area contributed by atoms with Crippen molar-refractivity contribution in [2.45, 2.75) is 11.9 Å². The van der Waals surface area contributed by atoms with E-state index in [2.05, 4.69) is 66.7 Å². The minimum absolute atomic E-state index is 1.24. The summed E-state index contributed by atoms with van der Waals surface area (Å²) >= 11 is 1.77. The molecule has 0 aliphatic heterocycles. The second kappa shape index (κ2) is 4.54. The minimum Gasteiger partial charge on any atom is -0.349 e. The minimum atomic E-state index is 1.24. The Morgan fingerprint density at radius 3 is 2.44 bits per heavy atom. The summed E-state index contributed by atoms with van der Waals surface area (Å²) < 4.78 is 0. The standard InChI is InChI=1S/C16H15NS/c1-11-7-6-10-13-14(12-8-4-3-5-9-12)16(18-2)17-15(11)13/h3-10,17H,1-2H3. The zero-order valence-corrected chi connectivity index (χ0v) is 11.3. The van der Waals surface area contributed by atoms with E-state index >= 15 is 0 Å². The first-order valence-corrected chi connectivity index (χ1v) is 7.24. The van der Waals surface area contributed by atoms with Gasteiger partial charge in [-0.3, -0.25) is 0 Å². The quantitative estimate of drug-likeness (QED) is 0.644. The average Bonchev–Trinajstić information content (AvgIpc) is 2.80. The number of rotatable bonds is 2. The third-order valence-electron chi connectivity index (χ3n) is 3.27. The van der Waals surface area contributed by atoms with Crippen LogP contribution in [0.4, 0.5) is 0 Å². The van der Waals surface area contributed by atoms with Crippen LogP contribution in [0, 0.1) is 6.92 Å². The van der Waals surface area contributed by atoms with Crippen molar-refractivity contribution >= 4 is 22.7 Å². The van der Waals surface area contributed by atoms with Crippen LogP contribution in [0.5, 0.6) is 0 Å². The number of hydrogen-bond acceptors (Lipinski definition) is 1. The SMILES string of the molecule is CSc1[nH]c2c(C)cccc2c1-c1ccccc1. The Kier molecular flexibility index (Phi) is 2.88. The summed E-state index contributed by atoms with van der Waals surface area (Å²) in [5.74, 6) is 0. The highest BCUT2D eigenvalue weighted by Gasteiger charge is 2.13. The number of hydrogen-bond donors (Lipinski definition) is 1. The van der Waals surface area contributed by atoms with Crippen molar-refractivity contribution in [3.8, 4) is 11.1 Å². The molecule has 1 nitrogen and oxygen atoms in total. The molecular weight excluding hydrogens is 238 g/mol. The molecule has 0 saturated heterocycles. The third kappa shape index (κ3) is 1.73. The van der Waals surface area contributed by atoms with Gasteiger partial charge in [0.05, 0.1) is 5.03 Å². The molecule has 90 valence electrons. The topological polar surface area (TPSA) is 15.8 Å². The summed E-state index contributed by atoms with van der Waals surface area (Å²) in [5, 5.41) is 2.55. The third-order valence-corrected chi connectivity index (χ3v) is 3.99. The van der Waals surface area contributed by atoms with Gasteiger partial charge in [-0.2, -0.15) is 0 Å².